The van der Waals surface area contributed by atoms with Gasteiger partial charge in [-0.3, -0.25) is 4.79 Å². The summed E-state index contributed by atoms with van der Waals surface area (Å²) in [7, 11) is 5.78. The van der Waals surface area contributed by atoms with Gasteiger partial charge in [0.15, 0.2) is 5.82 Å². The van der Waals surface area contributed by atoms with Gasteiger partial charge in [-0.15, -0.1) is 0 Å². The third kappa shape index (κ3) is 5.80. The van der Waals surface area contributed by atoms with Gasteiger partial charge in [-0.1, -0.05) is 18.2 Å². The number of nitrogens with zero attached hydrogens (tertiary/aromatic N) is 6. The van der Waals surface area contributed by atoms with Gasteiger partial charge in [0, 0.05) is 36.3 Å². The van der Waals surface area contributed by atoms with Gasteiger partial charge in [-0.05, 0) is 70.3 Å². The molecule has 2 aromatic heterocycles. The lowest BCUT2D eigenvalue weighted by Crippen LogP contribution is -2.29. The van der Waals surface area contributed by atoms with Crippen molar-refractivity contribution in [2.45, 2.75) is 39.8 Å². The molecular weight excluding hydrogens is 488 g/mol. The van der Waals surface area contributed by atoms with E-state index in [0.717, 1.165) is 22.2 Å². The largest absolute Gasteiger partial charge is 0.363 e. The lowest BCUT2D eigenvalue weighted by Gasteiger charge is -2.22. The fraction of sp³-hybridized carbons (Fsp3) is 0.357. The standard InChI is InChI=1S/C28H33F2N7O/c1-17-21(8-7-9-22(17)27(29)30)18(2)31-28-23-16-20(10-11-24(23)32-19(3)33-28)36(6)25-12-13-26(38)37(34-25)15-14-35(4)5/h7-13,16,18,27H,14-15H2,1-6H3,(H,31,32,33)/t18-/m1/s1. The molecule has 2 heterocycles. The molecule has 1 N–H and O–H groups in total. The van der Waals surface area contributed by atoms with Gasteiger partial charge in [0.25, 0.3) is 12.0 Å². The van der Waals surface area contributed by atoms with Crippen LogP contribution in [0.15, 0.2) is 53.3 Å². The lowest BCUT2D eigenvalue weighted by molar-refractivity contribution is 0.150. The molecule has 38 heavy (non-hydrogen) atoms. The number of halogens is 2. The molecule has 1 atom stereocenters. The average Bonchev–Trinajstić information content (AvgIpc) is 2.87. The lowest BCUT2D eigenvalue weighted by atomic mass is 9.97. The molecule has 0 aliphatic carbocycles. The third-order valence-corrected chi connectivity index (χ3v) is 6.61. The number of anilines is 3. The second kappa shape index (κ2) is 11.2. The first-order valence-corrected chi connectivity index (χ1v) is 12.4. The molecule has 0 spiro atoms. The number of fused-ring (bicyclic) bond motifs is 1. The topological polar surface area (TPSA) is 79.2 Å². The van der Waals surface area contributed by atoms with Crippen molar-refractivity contribution in [3.8, 4) is 0 Å². The Morgan fingerprint density at radius 1 is 1.00 bits per heavy atom. The first kappa shape index (κ1) is 27.1. The van der Waals surface area contributed by atoms with Gasteiger partial charge < -0.3 is 15.1 Å². The van der Waals surface area contributed by atoms with Crippen LogP contribution in [0.25, 0.3) is 10.9 Å². The Balaban J connectivity index is 1.69. The molecular formula is C28H33F2N7O. The summed E-state index contributed by atoms with van der Waals surface area (Å²) in [4.78, 5) is 25.4. The number of rotatable bonds is 9. The van der Waals surface area contributed by atoms with Crippen LogP contribution in [0, 0.1) is 13.8 Å². The fourth-order valence-corrected chi connectivity index (χ4v) is 4.42. The van der Waals surface area contributed by atoms with Crippen LogP contribution in [0.2, 0.25) is 0 Å². The maximum absolute atomic E-state index is 13.5. The maximum Gasteiger partial charge on any atom is 0.266 e. The molecule has 4 rings (SSSR count). The molecule has 0 saturated carbocycles. The minimum absolute atomic E-state index is 0.0307. The Bertz CT molecular complexity index is 1500. The van der Waals surface area contributed by atoms with E-state index in [0.29, 0.717) is 36.1 Å². The summed E-state index contributed by atoms with van der Waals surface area (Å²) in [5.74, 6) is 1.83. The van der Waals surface area contributed by atoms with E-state index in [1.165, 1.54) is 16.8 Å². The first-order valence-electron chi connectivity index (χ1n) is 12.4. The van der Waals surface area contributed by atoms with Crippen molar-refractivity contribution in [3.63, 3.8) is 0 Å². The summed E-state index contributed by atoms with van der Waals surface area (Å²) in [6.45, 7) is 6.64. The van der Waals surface area contributed by atoms with Gasteiger partial charge in [0.05, 0.1) is 18.1 Å². The molecule has 0 amide bonds. The summed E-state index contributed by atoms with van der Waals surface area (Å²) in [5.41, 5.74) is 2.81. The number of hydrogen-bond donors (Lipinski definition) is 1. The predicted octanol–water partition coefficient (Wildman–Crippen LogP) is 5.24. The van der Waals surface area contributed by atoms with Gasteiger partial charge in [0.1, 0.15) is 11.6 Å². The Hall–Kier alpha value is -3.92. The van der Waals surface area contributed by atoms with Crippen molar-refractivity contribution < 1.29 is 8.78 Å². The molecule has 0 bridgehead atoms. The highest BCUT2D eigenvalue weighted by Gasteiger charge is 2.18. The van der Waals surface area contributed by atoms with E-state index in [4.69, 9.17) is 0 Å². The van der Waals surface area contributed by atoms with Crippen LogP contribution in [0.5, 0.6) is 0 Å². The van der Waals surface area contributed by atoms with Gasteiger partial charge in [0.2, 0.25) is 0 Å². The van der Waals surface area contributed by atoms with Crippen molar-refractivity contribution >= 4 is 28.2 Å². The average molecular weight is 522 g/mol. The van der Waals surface area contributed by atoms with Crippen LogP contribution < -0.4 is 15.8 Å². The van der Waals surface area contributed by atoms with E-state index in [9.17, 15) is 13.6 Å². The normalized spacial score (nSPS) is 12.4. The molecule has 0 aliphatic heterocycles. The molecule has 0 radical (unpaired) electrons. The van der Waals surface area contributed by atoms with Crippen LogP contribution in [0.4, 0.5) is 26.1 Å². The summed E-state index contributed by atoms with van der Waals surface area (Å²) >= 11 is 0. The maximum atomic E-state index is 13.5. The SMILES string of the molecule is Cc1nc(N[C@H](C)c2cccc(C(F)F)c2C)c2cc(N(C)c3ccc(=O)n(CCN(C)C)n3)ccc2n1. The number of alkyl halides is 2. The van der Waals surface area contributed by atoms with Crippen molar-refractivity contribution in [2.24, 2.45) is 0 Å². The highest BCUT2D eigenvalue weighted by molar-refractivity contribution is 5.92. The van der Waals surface area contributed by atoms with Crippen LogP contribution >= 0.6 is 0 Å². The Morgan fingerprint density at radius 2 is 1.74 bits per heavy atom. The zero-order valence-electron chi connectivity index (χ0n) is 22.5. The second-order valence-electron chi connectivity index (χ2n) is 9.66. The highest BCUT2D eigenvalue weighted by atomic mass is 19.3. The molecule has 2 aromatic carbocycles. The highest BCUT2D eigenvalue weighted by Crippen LogP contribution is 2.32. The first-order chi connectivity index (χ1) is 18.0. The monoisotopic (exact) mass is 521 g/mol. The zero-order chi connectivity index (χ0) is 27.6. The Morgan fingerprint density at radius 3 is 2.45 bits per heavy atom. The molecule has 0 unspecified atom stereocenters. The number of hydrogen-bond acceptors (Lipinski definition) is 7. The van der Waals surface area contributed by atoms with Crippen molar-refractivity contribution in [1.82, 2.24) is 24.6 Å². The van der Waals surface area contributed by atoms with Crippen molar-refractivity contribution in [2.75, 3.05) is 37.9 Å². The Kier molecular flexibility index (Phi) is 8.01. The molecule has 0 saturated heterocycles. The summed E-state index contributed by atoms with van der Waals surface area (Å²) < 4.78 is 28.4. The van der Waals surface area contributed by atoms with Crippen LogP contribution in [-0.4, -0.2) is 52.3 Å². The minimum atomic E-state index is -2.53. The second-order valence-corrected chi connectivity index (χ2v) is 9.66. The molecule has 0 fully saturated rings. The van der Waals surface area contributed by atoms with Gasteiger partial charge in [-0.2, -0.15) is 5.10 Å². The quantitative estimate of drug-likeness (QED) is 0.323. The van der Waals surface area contributed by atoms with E-state index in [-0.39, 0.29) is 17.2 Å². The molecule has 8 nitrogen and oxygen atoms in total. The summed E-state index contributed by atoms with van der Waals surface area (Å²) in [5, 5.41) is 8.76. The smallest absolute Gasteiger partial charge is 0.266 e. The molecule has 10 heteroatoms. The van der Waals surface area contributed by atoms with Crippen LogP contribution in [-0.2, 0) is 6.54 Å². The Labute approximate surface area is 220 Å². The fourth-order valence-electron chi connectivity index (χ4n) is 4.42. The molecule has 4 aromatic rings. The van der Waals surface area contributed by atoms with Gasteiger partial charge >= 0.3 is 0 Å². The van der Waals surface area contributed by atoms with Crippen LogP contribution in [0.3, 0.4) is 0 Å². The third-order valence-electron chi connectivity index (χ3n) is 6.61. The van der Waals surface area contributed by atoms with Gasteiger partial charge in [-0.25, -0.2) is 23.4 Å². The van der Waals surface area contributed by atoms with E-state index in [1.54, 1.807) is 19.1 Å². The van der Waals surface area contributed by atoms with E-state index in [1.807, 2.05) is 69.1 Å². The van der Waals surface area contributed by atoms with E-state index < -0.39 is 6.43 Å². The predicted molar refractivity (Wildman–Crippen MR) is 148 cm³/mol. The number of benzene rings is 2. The number of nitrogens with one attached hydrogen (secondary N) is 1. The van der Waals surface area contributed by atoms with E-state index >= 15 is 0 Å². The van der Waals surface area contributed by atoms with Crippen molar-refractivity contribution in [1.29, 1.82) is 0 Å². The zero-order valence-corrected chi connectivity index (χ0v) is 22.5. The number of likely N-dealkylation sites (N-methyl/N-ethyl adjacent to an activating group) is 1. The summed E-state index contributed by atoms with van der Waals surface area (Å²) in [6, 6.07) is 13.7. The number of aromatic nitrogens is 4. The minimum Gasteiger partial charge on any atom is -0.363 e. The van der Waals surface area contributed by atoms with Crippen LogP contribution in [0.1, 0.15) is 41.9 Å². The molecule has 200 valence electrons. The number of aryl methyl sites for hydroxylation is 1. The van der Waals surface area contributed by atoms with Crippen molar-refractivity contribution in [3.05, 3.63) is 81.4 Å². The molecule has 0 aliphatic rings. The summed E-state index contributed by atoms with van der Waals surface area (Å²) in [6.07, 6.45) is -2.53. The van der Waals surface area contributed by atoms with E-state index in [2.05, 4.69) is 20.4 Å².